The molecule has 0 aromatic heterocycles. The van der Waals surface area contributed by atoms with Gasteiger partial charge < -0.3 is 4.55 Å². The lowest BCUT2D eigenvalue weighted by molar-refractivity contribution is 0.537. The summed E-state index contributed by atoms with van der Waals surface area (Å²) in [6.45, 7) is 2.00. The molecule has 0 saturated heterocycles. The van der Waals surface area contributed by atoms with Gasteiger partial charge in [0.1, 0.15) is 11.0 Å². The zero-order valence-electron chi connectivity index (χ0n) is 6.51. The van der Waals surface area contributed by atoms with Crippen molar-refractivity contribution in [1.82, 2.24) is 0 Å². The van der Waals surface area contributed by atoms with Crippen molar-refractivity contribution in [3.05, 3.63) is 6.42 Å². The molecule has 1 aliphatic carbocycles. The molecule has 0 aromatic rings. The minimum Gasteiger partial charge on any atom is -0.616 e. The van der Waals surface area contributed by atoms with Gasteiger partial charge >= 0.3 is 0 Å². The molecule has 10 heavy (non-hydrogen) atoms. The van der Waals surface area contributed by atoms with Gasteiger partial charge in [-0.2, -0.15) is 0 Å². The highest BCUT2D eigenvalue weighted by Crippen LogP contribution is 2.23. The summed E-state index contributed by atoms with van der Waals surface area (Å²) in [5.41, 5.74) is 0. The molecule has 0 amide bonds. The lowest BCUT2D eigenvalue weighted by Gasteiger charge is -2.23. The number of hydrogen-bond donors (Lipinski definition) is 0. The fourth-order valence-corrected chi connectivity index (χ4v) is 2.64. The van der Waals surface area contributed by atoms with Crippen molar-refractivity contribution in [3.8, 4) is 0 Å². The first-order valence-electron chi connectivity index (χ1n) is 4.03. The third-order valence-corrected chi connectivity index (χ3v) is 3.76. The fraction of sp³-hybridized carbons (Fsp3) is 0.875. The van der Waals surface area contributed by atoms with Gasteiger partial charge in [0.25, 0.3) is 0 Å². The Bertz CT molecular complexity index is 89.3. The second-order valence-electron chi connectivity index (χ2n) is 2.75. The predicted octanol–water partition coefficient (Wildman–Crippen LogP) is 1.90. The molecule has 1 fully saturated rings. The molecule has 1 aliphatic rings. The van der Waals surface area contributed by atoms with Crippen LogP contribution in [-0.4, -0.2) is 15.6 Å². The van der Waals surface area contributed by atoms with E-state index in [0.29, 0.717) is 5.25 Å². The van der Waals surface area contributed by atoms with E-state index in [9.17, 15) is 4.55 Å². The maximum atomic E-state index is 11.3. The van der Waals surface area contributed by atoms with Crippen LogP contribution in [0, 0.1) is 6.42 Å². The van der Waals surface area contributed by atoms with E-state index in [2.05, 4.69) is 6.42 Å². The van der Waals surface area contributed by atoms with Gasteiger partial charge in [-0.05, 0) is 39.0 Å². The standard InChI is InChI=1S/C8H15OS/c1-2-10(9)8-6-4-3-5-7-8/h4,8H,2-3,5-7H2,1H3. The van der Waals surface area contributed by atoms with Gasteiger partial charge in [0.05, 0.1) is 0 Å². The number of rotatable bonds is 2. The highest BCUT2D eigenvalue weighted by molar-refractivity contribution is 7.91. The molecule has 0 bridgehead atoms. The summed E-state index contributed by atoms with van der Waals surface area (Å²) in [4.78, 5) is 0. The van der Waals surface area contributed by atoms with Crippen LogP contribution < -0.4 is 0 Å². The third kappa shape index (κ3) is 2.17. The van der Waals surface area contributed by atoms with Crippen molar-refractivity contribution < 1.29 is 4.55 Å². The first-order chi connectivity index (χ1) is 4.84. The Morgan fingerprint density at radius 1 is 1.70 bits per heavy atom. The van der Waals surface area contributed by atoms with Crippen LogP contribution in [0.4, 0.5) is 0 Å². The van der Waals surface area contributed by atoms with Crippen LogP contribution in [0.15, 0.2) is 0 Å². The van der Waals surface area contributed by atoms with E-state index in [0.717, 1.165) is 12.2 Å². The van der Waals surface area contributed by atoms with Crippen LogP contribution in [0.25, 0.3) is 0 Å². The minimum atomic E-state index is -0.545. The molecule has 0 spiro atoms. The summed E-state index contributed by atoms with van der Waals surface area (Å²) >= 11 is -0.545. The average molecular weight is 159 g/mol. The van der Waals surface area contributed by atoms with Gasteiger partial charge in [-0.15, -0.1) is 0 Å². The van der Waals surface area contributed by atoms with Crippen LogP contribution in [-0.2, 0) is 11.2 Å². The lowest BCUT2D eigenvalue weighted by atomic mass is 10.0. The Morgan fingerprint density at radius 3 is 3.00 bits per heavy atom. The molecule has 2 heteroatoms. The predicted molar refractivity (Wildman–Crippen MR) is 45.2 cm³/mol. The van der Waals surface area contributed by atoms with Crippen molar-refractivity contribution >= 4 is 11.2 Å². The third-order valence-electron chi connectivity index (χ3n) is 2.02. The van der Waals surface area contributed by atoms with Gasteiger partial charge in [0, 0.05) is 0 Å². The topological polar surface area (TPSA) is 23.1 Å². The summed E-state index contributed by atoms with van der Waals surface area (Å²) < 4.78 is 11.3. The maximum absolute atomic E-state index is 11.3. The van der Waals surface area contributed by atoms with E-state index in [1.165, 1.54) is 19.3 Å². The van der Waals surface area contributed by atoms with Crippen LogP contribution >= 0.6 is 0 Å². The molecule has 0 aromatic carbocycles. The Balaban J connectivity index is 2.24. The Morgan fingerprint density at radius 2 is 2.50 bits per heavy atom. The van der Waals surface area contributed by atoms with Crippen molar-refractivity contribution in [2.75, 3.05) is 5.75 Å². The second kappa shape index (κ2) is 4.24. The molecule has 1 saturated carbocycles. The highest BCUT2D eigenvalue weighted by atomic mass is 32.2. The molecule has 59 valence electrons. The SMILES string of the molecule is CC[S+]([O-])C1C[CH]CCC1. The van der Waals surface area contributed by atoms with Crippen molar-refractivity contribution in [1.29, 1.82) is 0 Å². The summed E-state index contributed by atoms with van der Waals surface area (Å²) in [6.07, 6.45) is 7.02. The van der Waals surface area contributed by atoms with Crippen molar-refractivity contribution in [2.24, 2.45) is 0 Å². The monoisotopic (exact) mass is 159 g/mol. The molecule has 0 heterocycles. The first kappa shape index (κ1) is 8.41. The minimum absolute atomic E-state index is 0.485. The van der Waals surface area contributed by atoms with Crippen molar-refractivity contribution in [2.45, 2.75) is 37.9 Å². The molecule has 2 unspecified atom stereocenters. The van der Waals surface area contributed by atoms with Gasteiger partial charge in [-0.25, -0.2) is 0 Å². The van der Waals surface area contributed by atoms with Gasteiger partial charge in [-0.3, -0.25) is 0 Å². The van der Waals surface area contributed by atoms with Crippen LogP contribution in [0.3, 0.4) is 0 Å². The maximum Gasteiger partial charge on any atom is 0.115 e. The summed E-state index contributed by atoms with van der Waals surface area (Å²) in [7, 11) is 0. The average Bonchev–Trinajstić information content (AvgIpc) is 2.05. The smallest absolute Gasteiger partial charge is 0.115 e. The molecule has 0 aliphatic heterocycles. The Labute approximate surface area is 66.4 Å². The Kier molecular flexibility index (Phi) is 3.57. The van der Waals surface area contributed by atoms with E-state index in [-0.39, 0.29) is 0 Å². The lowest BCUT2D eigenvalue weighted by Crippen LogP contribution is -2.25. The first-order valence-corrected chi connectivity index (χ1v) is 5.41. The van der Waals surface area contributed by atoms with E-state index in [1.807, 2.05) is 6.92 Å². The number of hydrogen-bond acceptors (Lipinski definition) is 1. The molecule has 2 atom stereocenters. The molecule has 0 N–H and O–H groups in total. The van der Waals surface area contributed by atoms with Gasteiger partial charge in [0.2, 0.25) is 0 Å². The van der Waals surface area contributed by atoms with Crippen LogP contribution in [0.5, 0.6) is 0 Å². The normalized spacial score (nSPS) is 24.6. The van der Waals surface area contributed by atoms with Crippen LogP contribution in [0.1, 0.15) is 32.6 Å². The van der Waals surface area contributed by atoms with E-state index < -0.39 is 11.2 Å². The second-order valence-corrected chi connectivity index (χ2v) is 4.75. The van der Waals surface area contributed by atoms with Gasteiger partial charge in [0.15, 0.2) is 0 Å². The zero-order chi connectivity index (χ0) is 7.40. The Hall–Kier alpha value is 0.310. The fourth-order valence-electron chi connectivity index (χ4n) is 1.39. The van der Waals surface area contributed by atoms with E-state index in [4.69, 9.17) is 0 Å². The van der Waals surface area contributed by atoms with Crippen LogP contribution in [0.2, 0.25) is 0 Å². The molecule has 1 radical (unpaired) electrons. The molecular formula is C8H15OS. The van der Waals surface area contributed by atoms with E-state index >= 15 is 0 Å². The zero-order valence-corrected chi connectivity index (χ0v) is 7.32. The molecular weight excluding hydrogens is 144 g/mol. The quantitative estimate of drug-likeness (QED) is 0.564. The largest absolute Gasteiger partial charge is 0.616 e. The molecule has 1 nitrogen and oxygen atoms in total. The highest BCUT2D eigenvalue weighted by Gasteiger charge is 2.22. The summed E-state index contributed by atoms with van der Waals surface area (Å²) in [5.74, 6) is 0.832. The van der Waals surface area contributed by atoms with Gasteiger partial charge in [-0.1, -0.05) is 11.2 Å². The van der Waals surface area contributed by atoms with Crippen molar-refractivity contribution in [3.63, 3.8) is 0 Å². The van der Waals surface area contributed by atoms with E-state index in [1.54, 1.807) is 0 Å². The summed E-state index contributed by atoms with van der Waals surface area (Å²) in [6, 6.07) is 0. The summed E-state index contributed by atoms with van der Waals surface area (Å²) in [5, 5.41) is 0.485. The molecule has 1 rings (SSSR count).